The lowest BCUT2D eigenvalue weighted by Gasteiger charge is -2.16. The first-order chi connectivity index (χ1) is 9.15. The normalized spacial score (nSPS) is 17.9. The SMILES string of the molecule is C=[C]C(=O)N[C@H]1CCN(c2ccc(C#N)cc2)C1=O. The maximum Gasteiger partial charge on any atom is 0.252 e. The van der Waals surface area contributed by atoms with E-state index in [1.165, 1.54) is 0 Å². The van der Waals surface area contributed by atoms with Gasteiger partial charge in [-0.05, 0) is 30.7 Å². The van der Waals surface area contributed by atoms with Crippen LogP contribution in [0.5, 0.6) is 0 Å². The fourth-order valence-corrected chi connectivity index (χ4v) is 2.00. The van der Waals surface area contributed by atoms with Crippen LogP contribution in [0, 0.1) is 17.4 Å². The van der Waals surface area contributed by atoms with Gasteiger partial charge in [-0.15, -0.1) is 0 Å². The van der Waals surface area contributed by atoms with E-state index in [-0.39, 0.29) is 5.91 Å². The molecule has 95 valence electrons. The molecule has 1 N–H and O–H groups in total. The number of hydrogen-bond acceptors (Lipinski definition) is 3. The van der Waals surface area contributed by atoms with E-state index in [1.807, 2.05) is 6.07 Å². The molecule has 0 spiro atoms. The second kappa shape index (κ2) is 5.36. The summed E-state index contributed by atoms with van der Waals surface area (Å²) in [4.78, 5) is 24.9. The summed E-state index contributed by atoms with van der Waals surface area (Å²) in [5.74, 6) is -0.631. The average molecular weight is 254 g/mol. The monoisotopic (exact) mass is 254 g/mol. The maximum atomic E-state index is 12.1. The van der Waals surface area contributed by atoms with Crippen LogP contribution in [0.25, 0.3) is 0 Å². The molecule has 1 heterocycles. The van der Waals surface area contributed by atoms with Crippen molar-refractivity contribution in [1.29, 1.82) is 5.26 Å². The summed E-state index contributed by atoms with van der Waals surface area (Å²) < 4.78 is 0. The van der Waals surface area contributed by atoms with Gasteiger partial charge >= 0.3 is 0 Å². The van der Waals surface area contributed by atoms with E-state index in [0.717, 1.165) is 5.69 Å². The number of hydrogen-bond donors (Lipinski definition) is 1. The van der Waals surface area contributed by atoms with Gasteiger partial charge in [-0.2, -0.15) is 5.26 Å². The highest BCUT2D eigenvalue weighted by molar-refractivity contribution is 6.01. The Balaban J connectivity index is 2.10. The molecule has 1 saturated heterocycles. The molecule has 5 heteroatoms. The molecule has 0 unspecified atom stereocenters. The van der Waals surface area contributed by atoms with E-state index < -0.39 is 11.9 Å². The van der Waals surface area contributed by atoms with Gasteiger partial charge in [0.05, 0.1) is 11.6 Å². The van der Waals surface area contributed by atoms with Crippen LogP contribution in [-0.2, 0) is 9.59 Å². The van der Waals surface area contributed by atoms with Crippen molar-refractivity contribution in [2.75, 3.05) is 11.4 Å². The van der Waals surface area contributed by atoms with Crippen molar-refractivity contribution in [2.24, 2.45) is 0 Å². The van der Waals surface area contributed by atoms with Gasteiger partial charge in [0, 0.05) is 18.3 Å². The zero-order valence-corrected chi connectivity index (χ0v) is 10.2. The number of carbonyl (C=O) groups excluding carboxylic acids is 2. The van der Waals surface area contributed by atoms with Crippen LogP contribution in [-0.4, -0.2) is 24.4 Å². The molecule has 5 nitrogen and oxygen atoms in total. The highest BCUT2D eigenvalue weighted by Gasteiger charge is 2.33. The fourth-order valence-electron chi connectivity index (χ4n) is 2.00. The molecule has 19 heavy (non-hydrogen) atoms. The molecule has 1 radical (unpaired) electrons. The van der Waals surface area contributed by atoms with Crippen molar-refractivity contribution in [3.63, 3.8) is 0 Å². The van der Waals surface area contributed by atoms with Crippen molar-refractivity contribution >= 4 is 17.5 Å². The maximum absolute atomic E-state index is 12.1. The summed E-state index contributed by atoms with van der Waals surface area (Å²) in [7, 11) is 0. The van der Waals surface area contributed by atoms with Crippen LogP contribution < -0.4 is 10.2 Å². The summed E-state index contributed by atoms with van der Waals surface area (Å²) in [6.07, 6.45) is 2.72. The molecule has 1 aromatic rings. The summed E-state index contributed by atoms with van der Waals surface area (Å²) >= 11 is 0. The summed E-state index contributed by atoms with van der Waals surface area (Å²) in [5, 5.41) is 11.3. The molecule has 1 aliphatic heterocycles. The van der Waals surface area contributed by atoms with E-state index in [4.69, 9.17) is 5.26 Å². The van der Waals surface area contributed by atoms with E-state index >= 15 is 0 Å². The minimum Gasteiger partial charge on any atom is -0.340 e. The number of benzene rings is 1. The van der Waals surface area contributed by atoms with Crippen molar-refractivity contribution < 1.29 is 9.59 Å². The summed E-state index contributed by atoms with van der Waals surface area (Å²) in [6, 6.07) is 8.26. The van der Waals surface area contributed by atoms with Gasteiger partial charge in [0.15, 0.2) is 0 Å². The third-order valence-corrected chi connectivity index (χ3v) is 2.98. The predicted octanol–water partition coefficient (Wildman–Crippen LogP) is 0.769. The Kier molecular flexibility index (Phi) is 3.62. The average Bonchev–Trinajstić information content (AvgIpc) is 2.80. The standard InChI is InChI=1S/C14H12N3O2/c1-2-13(18)16-12-7-8-17(14(12)19)11-5-3-10(9-15)4-6-11/h3-6,12H,1,7-8H2,(H,16,18)/t12-/m0/s1. The Morgan fingerprint density at radius 3 is 2.68 bits per heavy atom. The van der Waals surface area contributed by atoms with Crippen LogP contribution in [0.3, 0.4) is 0 Å². The highest BCUT2D eigenvalue weighted by atomic mass is 16.2. The topological polar surface area (TPSA) is 73.2 Å². The number of nitriles is 1. The van der Waals surface area contributed by atoms with Crippen molar-refractivity contribution in [3.8, 4) is 6.07 Å². The van der Waals surface area contributed by atoms with E-state index in [9.17, 15) is 9.59 Å². The quantitative estimate of drug-likeness (QED) is 0.810. The zero-order chi connectivity index (χ0) is 13.8. The smallest absolute Gasteiger partial charge is 0.252 e. The van der Waals surface area contributed by atoms with Gasteiger partial charge in [0.1, 0.15) is 6.04 Å². The third-order valence-electron chi connectivity index (χ3n) is 2.98. The Morgan fingerprint density at radius 1 is 1.42 bits per heavy atom. The van der Waals surface area contributed by atoms with Crippen LogP contribution in [0.15, 0.2) is 30.8 Å². The second-order valence-corrected chi connectivity index (χ2v) is 4.14. The van der Waals surface area contributed by atoms with Gasteiger partial charge in [0.25, 0.3) is 5.91 Å². The Morgan fingerprint density at radius 2 is 2.11 bits per heavy atom. The first-order valence-electron chi connectivity index (χ1n) is 5.81. The lowest BCUT2D eigenvalue weighted by molar-refractivity contribution is -0.124. The van der Waals surface area contributed by atoms with Crippen molar-refractivity contribution in [2.45, 2.75) is 12.5 Å². The Labute approximate surface area is 111 Å². The number of rotatable bonds is 3. The lowest BCUT2D eigenvalue weighted by atomic mass is 10.2. The van der Waals surface area contributed by atoms with E-state index in [1.54, 1.807) is 29.2 Å². The molecule has 2 rings (SSSR count). The summed E-state index contributed by atoms with van der Waals surface area (Å²) in [6.45, 7) is 3.77. The molecule has 1 aliphatic rings. The number of carbonyl (C=O) groups is 2. The predicted molar refractivity (Wildman–Crippen MR) is 68.9 cm³/mol. The fraction of sp³-hybridized carbons (Fsp3) is 0.214. The van der Waals surface area contributed by atoms with Crippen LogP contribution in [0.1, 0.15) is 12.0 Å². The van der Waals surface area contributed by atoms with E-state index in [0.29, 0.717) is 18.5 Å². The molecular formula is C14H12N3O2. The number of anilines is 1. The van der Waals surface area contributed by atoms with Crippen LogP contribution in [0.4, 0.5) is 5.69 Å². The van der Waals surface area contributed by atoms with Gasteiger partial charge in [0.2, 0.25) is 5.91 Å². The first kappa shape index (κ1) is 12.8. The van der Waals surface area contributed by atoms with Crippen LogP contribution >= 0.6 is 0 Å². The number of nitrogens with one attached hydrogen (secondary N) is 1. The van der Waals surface area contributed by atoms with Crippen molar-refractivity contribution in [1.82, 2.24) is 5.32 Å². The van der Waals surface area contributed by atoms with Gasteiger partial charge in [-0.3, -0.25) is 9.59 Å². The molecule has 1 aromatic carbocycles. The van der Waals surface area contributed by atoms with Crippen molar-refractivity contribution in [3.05, 3.63) is 42.5 Å². The lowest BCUT2D eigenvalue weighted by Crippen LogP contribution is -2.40. The first-order valence-corrected chi connectivity index (χ1v) is 5.81. The minimum atomic E-state index is -0.530. The molecule has 0 bridgehead atoms. The van der Waals surface area contributed by atoms with E-state index in [2.05, 4.69) is 18.0 Å². The zero-order valence-electron chi connectivity index (χ0n) is 10.2. The second-order valence-electron chi connectivity index (χ2n) is 4.14. The molecule has 1 atom stereocenters. The molecule has 0 saturated carbocycles. The summed E-state index contributed by atoms with van der Waals surface area (Å²) in [5.41, 5.74) is 1.27. The number of nitrogens with zero attached hydrogens (tertiary/aromatic N) is 2. The van der Waals surface area contributed by atoms with Gasteiger partial charge < -0.3 is 10.2 Å². The third kappa shape index (κ3) is 2.63. The molecule has 2 amide bonds. The number of amides is 2. The van der Waals surface area contributed by atoms with Gasteiger partial charge in [-0.1, -0.05) is 6.58 Å². The van der Waals surface area contributed by atoms with Crippen LogP contribution in [0.2, 0.25) is 0 Å². The minimum absolute atomic E-state index is 0.159. The Bertz CT molecular complexity index is 557. The van der Waals surface area contributed by atoms with Gasteiger partial charge in [-0.25, -0.2) is 0 Å². The highest BCUT2D eigenvalue weighted by Crippen LogP contribution is 2.21. The Hall–Kier alpha value is -2.61. The molecule has 0 aromatic heterocycles. The molecular weight excluding hydrogens is 242 g/mol. The largest absolute Gasteiger partial charge is 0.340 e. The molecule has 0 aliphatic carbocycles. The molecule has 1 fully saturated rings.